The average molecular weight is 184 g/mol. The summed E-state index contributed by atoms with van der Waals surface area (Å²) in [6.45, 7) is 0. The van der Waals surface area contributed by atoms with E-state index in [1.165, 1.54) is 4.57 Å². The lowest BCUT2D eigenvalue weighted by atomic mass is 10.2. The maximum absolute atomic E-state index is 11.2. The Morgan fingerprint density at radius 3 is 2.38 bits per heavy atom. The van der Waals surface area contributed by atoms with Gasteiger partial charge in [0.2, 0.25) is 0 Å². The van der Waals surface area contributed by atoms with Crippen molar-refractivity contribution >= 4 is 0 Å². The Morgan fingerprint density at radius 2 is 1.92 bits per heavy atom. The van der Waals surface area contributed by atoms with Crippen molar-refractivity contribution < 1.29 is 10.2 Å². The van der Waals surface area contributed by atoms with Crippen molar-refractivity contribution in [1.82, 2.24) is 9.55 Å². The van der Waals surface area contributed by atoms with E-state index in [1.54, 1.807) is 0 Å². The number of hydrogen-bond acceptors (Lipinski definition) is 3. The van der Waals surface area contributed by atoms with E-state index < -0.39 is 11.6 Å². The molecule has 0 bridgehead atoms. The van der Waals surface area contributed by atoms with Gasteiger partial charge in [0.15, 0.2) is 0 Å². The standard InChI is InChI=1S/C8H12N2O3/c11-6-7(12)10(8(13)9-6)5-3-1-2-4-5/h5,11-12H,1-4H2,(H,9,13). The van der Waals surface area contributed by atoms with Crippen molar-refractivity contribution in [2.24, 2.45) is 0 Å². The first kappa shape index (κ1) is 8.22. The summed E-state index contributed by atoms with van der Waals surface area (Å²) in [6.07, 6.45) is 3.93. The van der Waals surface area contributed by atoms with E-state index >= 15 is 0 Å². The molecule has 0 radical (unpaired) electrons. The van der Waals surface area contributed by atoms with Crippen LogP contribution in [0, 0.1) is 0 Å². The highest BCUT2D eigenvalue weighted by molar-refractivity contribution is 5.24. The van der Waals surface area contributed by atoms with Gasteiger partial charge in [-0.1, -0.05) is 12.8 Å². The van der Waals surface area contributed by atoms with Crippen molar-refractivity contribution in [2.45, 2.75) is 31.7 Å². The molecule has 1 saturated carbocycles. The van der Waals surface area contributed by atoms with Crippen LogP contribution in [0.15, 0.2) is 4.79 Å². The number of aromatic nitrogens is 2. The van der Waals surface area contributed by atoms with Crippen molar-refractivity contribution in [3.8, 4) is 11.8 Å². The third-order valence-electron chi connectivity index (χ3n) is 2.57. The first-order valence-electron chi connectivity index (χ1n) is 4.42. The smallest absolute Gasteiger partial charge is 0.331 e. The fourth-order valence-electron chi connectivity index (χ4n) is 1.93. The van der Waals surface area contributed by atoms with Gasteiger partial charge in [-0.2, -0.15) is 0 Å². The minimum absolute atomic E-state index is 0.0460. The maximum atomic E-state index is 11.2. The summed E-state index contributed by atoms with van der Waals surface area (Å²) in [4.78, 5) is 13.4. The lowest BCUT2D eigenvalue weighted by Crippen LogP contribution is -2.20. The van der Waals surface area contributed by atoms with Crippen molar-refractivity contribution in [1.29, 1.82) is 0 Å². The van der Waals surface area contributed by atoms with Gasteiger partial charge in [-0.15, -0.1) is 0 Å². The van der Waals surface area contributed by atoms with Crippen LogP contribution in [0.2, 0.25) is 0 Å². The molecule has 0 unspecified atom stereocenters. The van der Waals surface area contributed by atoms with Crippen LogP contribution in [0.4, 0.5) is 0 Å². The van der Waals surface area contributed by atoms with Crippen LogP contribution < -0.4 is 5.69 Å². The highest BCUT2D eigenvalue weighted by Crippen LogP contribution is 2.33. The molecule has 0 atom stereocenters. The second-order valence-corrected chi connectivity index (χ2v) is 3.41. The zero-order chi connectivity index (χ0) is 9.42. The summed E-state index contributed by atoms with van der Waals surface area (Å²) in [5.74, 6) is -0.770. The number of rotatable bonds is 1. The summed E-state index contributed by atoms with van der Waals surface area (Å²) in [6, 6.07) is 0.0460. The predicted molar refractivity (Wildman–Crippen MR) is 45.9 cm³/mol. The molecule has 1 fully saturated rings. The van der Waals surface area contributed by atoms with Crippen LogP contribution in [0.5, 0.6) is 11.8 Å². The first-order valence-corrected chi connectivity index (χ1v) is 4.42. The Morgan fingerprint density at radius 1 is 1.31 bits per heavy atom. The van der Waals surface area contributed by atoms with Gasteiger partial charge in [0.25, 0.3) is 11.8 Å². The maximum Gasteiger partial charge on any atom is 0.331 e. The molecule has 1 heterocycles. The fourth-order valence-corrected chi connectivity index (χ4v) is 1.93. The van der Waals surface area contributed by atoms with Gasteiger partial charge in [-0.05, 0) is 12.8 Å². The second-order valence-electron chi connectivity index (χ2n) is 3.41. The molecule has 0 amide bonds. The number of hydrogen-bond donors (Lipinski definition) is 3. The van der Waals surface area contributed by atoms with Gasteiger partial charge in [0.1, 0.15) is 0 Å². The Hall–Kier alpha value is -1.39. The van der Waals surface area contributed by atoms with E-state index in [1.807, 2.05) is 0 Å². The molecule has 5 nitrogen and oxygen atoms in total. The molecular weight excluding hydrogens is 172 g/mol. The van der Waals surface area contributed by atoms with Gasteiger partial charge in [-0.25, -0.2) is 4.79 Å². The molecule has 0 saturated heterocycles. The zero-order valence-electron chi connectivity index (χ0n) is 7.16. The third kappa shape index (κ3) is 1.20. The highest BCUT2D eigenvalue weighted by Gasteiger charge is 2.23. The van der Waals surface area contributed by atoms with Crippen molar-refractivity contribution in [3.63, 3.8) is 0 Å². The Kier molecular flexibility index (Phi) is 1.79. The normalized spacial score (nSPS) is 18.2. The summed E-state index contributed by atoms with van der Waals surface area (Å²) in [5, 5.41) is 18.4. The van der Waals surface area contributed by atoms with Gasteiger partial charge in [0, 0.05) is 6.04 Å². The number of aromatic amines is 1. The largest absolute Gasteiger partial charge is 0.491 e. The number of nitrogens with zero attached hydrogens (tertiary/aromatic N) is 1. The van der Waals surface area contributed by atoms with Crippen LogP contribution in [0.3, 0.4) is 0 Å². The molecule has 13 heavy (non-hydrogen) atoms. The van der Waals surface area contributed by atoms with Gasteiger partial charge in [-0.3, -0.25) is 9.55 Å². The van der Waals surface area contributed by atoms with Crippen LogP contribution in [-0.4, -0.2) is 19.8 Å². The SMILES string of the molecule is O=c1[nH]c(O)c(O)n1C1CCCC1. The monoisotopic (exact) mass is 184 g/mol. The topological polar surface area (TPSA) is 78.2 Å². The lowest BCUT2D eigenvalue weighted by molar-refractivity contribution is 0.346. The highest BCUT2D eigenvalue weighted by atomic mass is 16.3. The number of nitrogens with one attached hydrogen (secondary N) is 1. The molecule has 0 spiro atoms. The molecular formula is C8H12N2O3. The van der Waals surface area contributed by atoms with Gasteiger partial charge < -0.3 is 10.2 Å². The van der Waals surface area contributed by atoms with Crippen LogP contribution in [-0.2, 0) is 0 Å². The van der Waals surface area contributed by atoms with Crippen LogP contribution in [0.1, 0.15) is 31.7 Å². The molecule has 1 aromatic heterocycles. The van der Waals surface area contributed by atoms with E-state index in [0.29, 0.717) is 0 Å². The molecule has 0 aliphatic heterocycles. The molecule has 0 aromatic carbocycles. The predicted octanol–water partition coefficient (Wildman–Crippen LogP) is 0.703. The van der Waals surface area contributed by atoms with Gasteiger partial charge in [0.05, 0.1) is 0 Å². The average Bonchev–Trinajstić information content (AvgIpc) is 2.63. The summed E-state index contributed by atoms with van der Waals surface area (Å²) in [5.41, 5.74) is -0.429. The van der Waals surface area contributed by atoms with E-state index in [0.717, 1.165) is 25.7 Å². The molecule has 1 aliphatic carbocycles. The summed E-state index contributed by atoms with van der Waals surface area (Å²) >= 11 is 0. The van der Waals surface area contributed by atoms with E-state index in [4.69, 9.17) is 5.11 Å². The quantitative estimate of drug-likeness (QED) is 0.601. The van der Waals surface area contributed by atoms with E-state index in [9.17, 15) is 9.90 Å². The minimum atomic E-state index is -0.433. The Bertz CT molecular complexity index is 360. The fraction of sp³-hybridized carbons (Fsp3) is 0.625. The molecule has 3 N–H and O–H groups in total. The number of aromatic hydroxyl groups is 2. The van der Waals surface area contributed by atoms with Crippen LogP contribution >= 0.6 is 0 Å². The van der Waals surface area contributed by atoms with Gasteiger partial charge >= 0.3 is 5.69 Å². The minimum Gasteiger partial charge on any atom is -0.491 e. The zero-order valence-corrected chi connectivity index (χ0v) is 7.16. The number of imidazole rings is 1. The van der Waals surface area contributed by atoms with Crippen LogP contribution in [0.25, 0.3) is 0 Å². The lowest BCUT2D eigenvalue weighted by Gasteiger charge is -2.09. The molecule has 5 heteroatoms. The second kappa shape index (κ2) is 2.83. The third-order valence-corrected chi connectivity index (χ3v) is 2.57. The van der Waals surface area contributed by atoms with E-state index in [2.05, 4.69) is 4.98 Å². The molecule has 1 aromatic rings. The van der Waals surface area contributed by atoms with Crippen molar-refractivity contribution in [2.75, 3.05) is 0 Å². The van der Waals surface area contributed by atoms with E-state index in [-0.39, 0.29) is 11.9 Å². The molecule has 72 valence electrons. The summed E-state index contributed by atoms with van der Waals surface area (Å²) in [7, 11) is 0. The Labute approximate surface area is 74.6 Å². The molecule has 2 rings (SSSR count). The molecule has 1 aliphatic rings. The number of H-pyrrole nitrogens is 1. The van der Waals surface area contributed by atoms with Crippen molar-refractivity contribution in [3.05, 3.63) is 10.5 Å². The Balaban J connectivity index is 2.43. The summed E-state index contributed by atoms with van der Waals surface area (Å²) < 4.78 is 1.24. The first-order chi connectivity index (χ1) is 6.20.